The number of amides is 12. The molecule has 3 aliphatic carbocycles. The molecular weight excluding hydrogens is 1330 g/mol. The molecule has 29 heteroatoms. The van der Waals surface area contributed by atoms with Crippen LogP contribution in [0.25, 0.3) is 0 Å². The van der Waals surface area contributed by atoms with Gasteiger partial charge in [0, 0.05) is 75.4 Å². The Labute approximate surface area is 601 Å². The Bertz CT molecular complexity index is 2910. The number of piperidine rings is 1. The predicted octanol–water partition coefficient (Wildman–Crippen LogP) is 5.00. The van der Waals surface area contributed by atoms with Gasteiger partial charge in [-0.1, -0.05) is 79.1 Å². The average molecular weight is 1450 g/mol. The Hall–Kier alpha value is -6.32. The maximum atomic E-state index is 15.4. The fourth-order valence-corrected chi connectivity index (χ4v) is 16.5. The third-order valence-electron chi connectivity index (χ3n) is 23.1. The normalized spacial score (nSPS) is 30.9. The summed E-state index contributed by atoms with van der Waals surface area (Å²) >= 11 is 6.42. The van der Waals surface area contributed by atoms with Crippen LogP contribution in [-0.2, 0) is 57.5 Å². The Balaban J connectivity index is 1.43. The number of nitrogens with one attached hydrogen (secondary N) is 4. The Morgan fingerprint density at radius 2 is 1.18 bits per heavy atom. The van der Waals surface area contributed by atoms with E-state index in [2.05, 4.69) is 21.3 Å². The summed E-state index contributed by atoms with van der Waals surface area (Å²) in [5.74, 6) is -11.1. The Morgan fingerprint density at radius 1 is 0.594 bits per heavy atom. The number of hydrogen-bond donors (Lipinski definition) is 4. The molecule has 0 spiro atoms. The van der Waals surface area contributed by atoms with E-state index in [9.17, 15) is 46.7 Å². The van der Waals surface area contributed by atoms with Gasteiger partial charge < -0.3 is 65.4 Å². The van der Waals surface area contributed by atoms with Gasteiger partial charge in [0.2, 0.25) is 70.9 Å². The van der Waals surface area contributed by atoms with Crippen molar-refractivity contribution in [1.82, 2.24) is 65.4 Å². The van der Waals surface area contributed by atoms with Crippen molar-refractivity contribution in [1.29, 1.82) is 0 Å². The van der Waals surface area contributed by atoms with Gasteiger partial charge in [-0.05, 0) is 146 Å². The SMILES string of the molecule is CCC(C)[C@@H]1NC(=O)[C@H](CC(C)C)N(C)C(=O)C[C@@H](C(=O)N(C)C)N(C)C(=O)[C@H](C2CCCC2)N(C)C(=O)[C@H](C)NC(=O)[C@H](CC2CCNCC2)N(C)C(=O)[C@H](CCC2CCC(C(F)(F)F)C(Cl)C2)NC(=O)CN(C)C(=O)[C@H](CC2CCCCC2)N(C)C(=O)[C@@H]2CCN2C(=O)[C@H](C)N(C)C1=O. The molecule has 6 aliphatic rings. The van der Waals surface area contributed by atoms with E-state index in [0.717, 1.165) is 49.8 Å². The van der Waals surface area contributed by atoms with Crippen molar-refractivity contribution >= 4 is 82.5 Å². The molecule has 101 heavy (non-hydrogen) atoms. The average Bonchev–Trinajstić information content (AvgIpc) is 1.34. The lowest BCUT2D eigenvalue weighted by atomic mass is 9.78. The molecule has 4 unspecified atom stereocenters. The van der Waals surface area contributed by atoms with E-state index >= 15 is 24.0 Å². The molecule has 0 bridgehead atoms. The maximum Gasteiger partial charge on any atom is 0.393 e. The second kappa shape index (κ2) is 37.4. The summed E-state index contributed by atoms with van der Waals surface area (Å²) in [6.07, 6.45) is 4.14. The number of alkyl halides is 4. The van der Waals surface area contributed by atoms with Crippen LogP contribution in [0.5, 0.6) is 0 Å². The fourth-order valence-electron chi connectivity index (χ4n) is 15.9. The smallest absolute Gasteiger partial charge is 0.347 e. The molecule has 6 fully saturated rings. The van der Waals surface area contributed by atoms with E-state index < -0.39 is 174 Å². The molecule has 0 aromatic heterocycles. The van der Waals surface area contributed by atoms with E-state index in [4.69, 9.17) is 11.6 Å². The van der Waals surface area contributed by atoms with Crippen LogP contribution in [-0.4, -0.2) is 277 Å². The van der Waals surface area contributed by atoms with Gasteiger partial charge >= 0.3 is 6.18 Å². The summed E-state index contributed by atoms with van der Waals surface area (Å²) in [6.45, 7) is 11.1. The topological polar surface area (TPSA) is 282 Å². The third kappa shape index (κ3) is 21.4. The van der Waals surface area contributed by atoms with Gasteiger partial charge in [0.1, 0.15) is 60.4 Å². The lowest BCUT2D eigenvalue weighted by Crippen LogP contribution is -2.65. The van der Waals surface area contributed by atoms with E-state index in [-0.39, 0.29) is 88.0 Å². The first-order chi connectivity index (χ1) is 47.4. The van der Waals surface area contributed by atoms with Crippen LogP contribution in [0.1, 0.15) is 183 Å². The first-order valence-corrected chi connectivity index (χ1v) is 37.5. The molecule has 25 nitrogen and oxygen atoms in total. The predicted molar refractivity (Wildman–Crippen MR) is 376 cm³/mol. The number of likely N-dealkylation sites (N-methyl/N-ethyl adjacent to an activating group) is 8. The molecular formula is C72H119ClF3N13O12. The summed E-state index contributed by atoms with van der Waals surface area (Å²) in [6, 6.07) is -12.3. The minimum Gasteiger partial charge on any atom is -0.347 e. The van der Waals surface area contributed by atoms with Gasteiger partial charge in [-0.2, -0.15) is 13.2 Å². The van der Waals surface area contributed by atoms with Gasteiger partial charge in [-0.3, -0.25) is 57.5 Å². The van der Waals surface area contributed by atoms with E-state index in [0.29, 0.717) is 45.2 Å². The second-order valence-electron chi connectivity index (χ2n) is 30.9. The summed E-state index contributed by atoms with van der Waals surface area (Å²) < 4.78 is 42.2. The number of carbonyl (C=O) groups excluding carboxylic acids is 12. The molecule has 3 saturated carbocycles. The Morgan fingerprint density at radius 3 is 1.74 bits per heavy atom. The zero-order valence-corrected chi connectivity index (χ0v) is 63.5. The van der Waals surface area contributed by atoms with Crippen molar-refractivity contribution in [3.63, 3.8) is 0 Å². The molecule has 0 aromatic rings. The van der Waals surface area contributed by atoms with Gasteiger partial charge in [0.25, 0.3) is 0 Å². The minimum absolute atomic E-state index is 0.0138. The zero-order chi connectivity index (χ0) is 75.2. The van der Waals surface area contributed by atoms with E-state index in [1.54, 1.807) is 6.92 Å². The molecule has 3 heterocycles. The third-order valence-corrected chi connectivity index (χ3v) is 23.6. The first kappa shape index (κ1) is 83.6. The van der Waals surface area contributed by atoms with Crippen LogP contribution in [0.4, 0.5) is 13.2 Å². The minimum atomic E-state index is -4.52. The summed E-state index contributed by atoms with van der Waals surface area (Å²) in [4.78, 5) is 190. The van der Waals surface area contributed by atoms with Crippen molar-refractivity contribution in [3.8, 4) is 0 Å². The highest BCUT2D eigenvalue weighted by Gasteiger charge is 2.50. The molecule has 6 rings (SSSR count). The van der Waals surface area contributed by atoms with Crippen LogP contribution in [0, 0.1) is 41.4 Å². The van der Waals surface area contributed by atoms with Crippen LogP contribution in [0.3, 0.4) is 0 Å². The molecule has 572 valence electrons. The molecule has 0 aromatic carbocycles. The number of nitrogens with zero attached hydrogens (tertiary/aromatic N) is 9. The van der Waals surface area contributed by atoms with Crippen LogP contribution in [0.15, 0.2) is 0 Å². The number of rotatable bonds is 13. The lowest BCUT2D eigenvalue weighted by Gasteiger charge is -2.45. The standard InChI is InChI=1S/C72H119ClF3N13O12/c1-16-43(4)60-70(100)83(10)45(6)65(95)89-35-32-53(89)69(99)86(13)56(39-46-22-18-17-19-23-46)68(98)82(9)41-58(90)79-52(29-27-47-26-28-50(51(73)37-47)72(74,75)76)66(96)85(12)55(38-48-30-33-77-34-31-48)62(92)78-44(5)64(94)88(15)61(49-24-20-21-25-49)71(101)87(14)57(67(97)81(7)8)40-59(91)84(11)54(36-42(2)3)63(93)80-60/h42-57,60-61,77H,16-41H2,1-15H3,(H,78,92)(H,79,90)(H,80,93)/t43?,44-,45-,47?,50?,51?,52-,53-,54-,55-,56-,57-,60-,61-/m0/s1. The van der Waals surface area contributed by atoms with Gasteiger partial charge in [0.05, 0.1) is 18.9 Å². The number of fused-ring (bicyclic) bond motifs is 1. The van der Waals surface area contributed by atoms with Crippen molar-refractivity contribution in [2.75, 3.05) is 89.6 Å². The van der Waals surface area contributed by atoms with E-state index in [1.807, 2.05) is 20.8 Å². The molecule has 14 atom stereocenters. The first-order valence-electron chi connectivity index (χ1n) is 37.1. The van der Waals surface area contributed by atoms with Crippen molar-refractivity contribution < 1.29 is 70.7 Å². The van der Waals surface area contributed by atoms with Crippen LogP contribution in [0.2, 0.25) is 0 Å². The largest absolute Gasteiger partial charge is 0.393 e. The summed E-state index contributed by atoms with van der Waals surface area (Å²) in [7, 11) is 12.9. The zero-order valence-electron chi connectivity index (χ0n) is 62.7. The van der Waals surface area contributed by atoms with Gasteiger partial charge in [-0.25, -0.2) is 0 Å². The molecule has 12 amide bonds. The highest BCUT2D eigenvalue weighted by atomic mass is 35.5. The van der Waals surface area contributed by atoms with Crippen LogP contribution < -0.4 is 21.3 Å². The molecule has 4 N–H and O–H groups in total. The second-order valence-corrected chi connectivity index (χ2v) is 31.4. The van der Waals surface area contributed by atoms with Gasteiger partial charge in [-0.15, -0.1) is 11.6 Å². The number of hydrogen-bond acceptors (Lipinski definition) is 13. The fraction of sp³-hybridized carbons (Fsp3) is 0.833. The van der Waals surface area contributed by atoms with Crippen LogP contribution >= 0.6 is 11.6 Å². The lowest BCUT2D eigenvalue weighted by molar-refractivity contribution is -0.182. The van der Waals surface area contributed by atoms with Gasteiger partial charge in [0.15, 0.2) is 0 Å². The molecule has 3 saturated heterocycles. The number of carbonyl (C=O) groups is 12. The summed E-state index contributed by atoms with van der Waals surface area (Å²) in [5, 5.41) is 10.7. The summed E-state index contributed by atoms with van der Waals surface area (Å²) in [5.41, 5.74) is 0. The van der Waals surface area contributed by atoms with Crippen molar-refractivity contribution in [2.45, 2.75) is 255 Å². The highest BCUT2D eigenvalue weighted by molar-refractivity contribution is 6.21. The Kier molecular flexibility index (Phi) is 31.0. The highest BCUT2D eigenvalue weighted by Crippen LogP contribution is 2.44. The molecule has 3 aliphatic heterocycles. The van der Waals surface area contributed by atoms with Crippen molar-refractivity contribution in [3.05, 3.63) is 0 Å². The molecule has 0 radical (unpaired) electrons. The number of halogens is 4. The quantitative estimate of drug-likeness (QED) is 0.177. The monoisotopic (exact) mass is 1450 g/mol. The maximum absolute atomic E-state index is 15.4. The van der Waals surface area contributed by atoms with Crippen molar-refractivity contribution in [2.24, 2.45) is 41.4 Å². The van der Waals surface area contributed by atoms with E-state index in [1.165, 1.54) is 116 Å².